The fraction of sp³-hybridized carbons (Fsp3) is 0.233. The standard InChI is InChI=1S/C30H28N4O/c35-28-26-27(25-16-8-7-15-24(25)19-30(26)17-9-10-18-30)32-29(33-31-20-22-11-3-1-4-12-22)34(28)21-23-13-5-2-6-14-23/h1-8,11-16,20H,9-10,17-19,21H2,(H,32,33)/b31-20+. The van der Waals surface area contributed by atoms with E-state index in [0.717, 1.165) is 60.1 Å². The zero-order valence-corrected chi connectivity index (χ0v) is 19.7. The number of nitrogens with one attached hydrogen (secondary N) is 1. The average Bonchev–Trinajstić information content (AvgIpc) is 3.35. The number of benzene rings is 3. The van der Waals surface area contributed by atoms with Crippen LogP contribution in [-0.2, 0) is 18.4 Å². The molecule has 2 aliphatic rings. The van der Waals surface area contributed by atoms with Crippen LogP contribution in [0.4, 0.5) is 5.95 Å². The monoisotopic (exact) mass is 460 g/mol. The Morgan fingerprint density at radius 3 is 2.37 bits per heavy atom. The second-order valence-corrected chi connectivity index (χ2v) is 9.64. The Bertz CT molecular complexity index is 1430. The molecule has 5 heteroatoms. The van der Waals surface area contributed by atoms with Crippen molar-refractivity contribution in [3.8, 4) is 11.3 Å². The van der Waals surface area contributed by atoms with Crippen molar-refractivity contribution in [1.29, 1.82) is 0 Å². The van der Waals surface area contributed by atoms with Gasteiger partial charge < -0.3 is 0 Å². The average molecular weight is 461 g/mol. The second-order valence-electron chi connectivity index (χ2n) is 9.64. The van der Waals surface area contributed by atoms with Crippen LogP contribution in [0.1, 0.15) is 47.9 Å². The summed E-state index contributed by atoms with van der Waals surface area (Å²) in [5, 5.41) is 4.45. The molecule has 0 atom stereocenters. The van der Waals surface area contributed by atoms with Gasteiger partial charge in [0.1, 0.15) is 0 Å². The van der Waals surface area contributed by atoms with Crippen molar-refractivity contribution < 1.29 is 0 Å². The molecule has 1 fully saturated rings. The SMILES string of the molecule is O=c1c2c(nc(N/N=C/c3ccccc3)n1Cc1ccccc1)-c1ccccc1CC21CCCC1. The molecule has 174 valence electrons. The van der Waals surface area contributed by atoms with Gasteiger partial charge in [-0.1, -0.05) is 97.8 Å². The molecule has 4 aromatic rings. The zero-order valence-electron chi connectivity index (χ0n) is 19.7. The third kappa shape index (κ3) is 3.97. The Morgan fingerprint density at radius 1 is 0.914 bits per heavy atom. The highest BCUT2D eigenvalue weighted by Crippen LogP contribution is 2.49. The van der Waals surface area contributed by atoms with Crippen LogP contribution in [0.5, 0.6) is 0 Å². The molecule has 1 spiro atoms. The van der Waals surface area contributed by atoms with Crippen LogP contribution in [0.25, 0.3) is 11.3 Å². The van der Waals surface area contributed by atoms with Crippen molar-refractivity contribution in [2.45, 2.75) is 44.1 Å². The fourth-order valence-corrected chi connectivity index (χ4v) is 5.77. The maximum absolute atomic E-state index is 14.3. The topological polar surface area (TPSA) is 59.3 Å². The summed E-state index contributed by atoms with van der Waals surface area (Å²) in [4.78, 5) is 19.4. The van der Waals surface area contributed by atoms with Crippen LogP contribution in [-0.4, -0.2) is 15.8 Å². The summed E-state index contributed by atoms with van der Waals surface area (Å²) in [7, 11) is 0. The largest absolute Gasteiger partial charge is 0.273 e. The van der Waals surface area contributed by atoms with Gasteiger partial charge >= 0.3 is 0 Å². The quantitative estimate of drug-likeness (QED) is 0.304. The van der Waals surface area contributed by atoms with E-state index in [9.17, 15) is 4.79 Å². The van der Waals surface area contributed by atoms with E-state index in [1.165, 1.54) is 5.56 Å². The van der Waals surface area contributed by atoms with Crippen LogP contribution in [0.2, 0.25) is 0 Å². The summed E-state index contributed by atoms with van der Waals surface area (Å²) in [6.07, 6.45) is 7.05. The molecule has 1 saturated carbocycles. The lowest BCUT2D eigenvalue weighted by molar-refractivity contribution is 0.422. The van der Waals surface area contributed by atoms with Crippen molar-refractivity contribution >= 4 is 12.2 Å². The Labute approximate surface area is 205 Å². The first-order valence-corrected chi connectivity index (χ1v) is 12.4. The minimum absolute atomic E-state index is 0.0488. The lowest BCUT2D eigenvalue weighted by atomic mass is 9.68. The van der Waals surface area contributed by atoms with E-state index in [1.54, 1.807) is 10.8 Å². The van der Waals surface area contributed by atoms with Crippen molar-refractivity contribution in [2.75, 3.05) is 5.43 Å². The first-order valence-electron chi connectivity index (χ1n) is 12.4. The molecule has 2 aliphatic carbocycles. The van der Waals surface area contributed by atoms with Crippen LogP contribution in [0.15, 0.2) is 94.8 Å². The van der Waals surface area contributed by atoms with Gasteiger partial charge in [0.2, 0.25) is 5.95 Å². The van der Waals surface area contributed by atoms with Gasteiger partial charge in [0.05, 0.1) is 24.0 Å². The van der Waals surface area contributed by atoms with E-state index in [2.05, 4.69) is 28.7 Å². The van der Waals surface area contributed by atoms with Gasteiger partial charge in [-0.25, -0.2) is 10.4 Å². The Morgan fingerprint density at radius 2 is 1.60 bits per heavy atom. The summed E-state index contributed by atoms with van der Waals surface area (Å²) in [6, 6.07) is 28.4. The number of rotatable bonds is 5. The molecule has 1 heterocycles. The van der Waals surface area contributed by atoms with Crippen molar-refractivity contribution in [1.82, 2.24) is 9.55 Å². The number of aromatic nitrogens is 2. The van der Waals surface area contributed by atoms with E-state index in [4.69, 9.17) is 4.98 Å². The molecule has 5 nitrogen and oxygen atoms in total. The number of nitrogens with zero attached hydrogens (tertiary/aromatic N) is 3. The van der Waals surface area contributed by atoms with E-state index in [1.807, 2.05) is 66.7 Å². The van der Waals surface area contributed by atoms with Crippen LogP contribution < -0.4 is 11.0 Å². The Balaban J connectivity index is 1.52. The fourth-order valence-electron chi connectivity index (χ4n) is 5.77. The van der Waals surface area contributed by atoms with Gasteiger partial charge in [-0.15, -0.1) is 0 Å². The number of hydrogen-bond donors (Lipinski definition) is 1. The summed E-state index contributed by atoms with van der Waals surface area (Å²) in [5.74, 6) is 0.467. The summed E-state index contributed by atoms with van der Waals surface area (Å²) in [6.45, 7) is 0.445. The smallest absolute Gasteiger partial charge is 0.259 e. The first-order chi connectivity index (χ1) is 17.2. The minimum Gasteiger partial charge on any atom is -0.273 e. The lowest BCUT2D eigenvalue weighted by Crippen LogP contribution is -2.40. The Hall–Kier alpha value is -3.99. The summed E-state index contributed by atoms with van der Waals surface area (Å²) < 4.78 is 1.77. The first kappa shape index (κ1) is 21.5. The highest BCUT2D eigenvalue weighted by Gasteiger charge is 2.44. The van der Waals surface area contributed by atoms with Crippen molar-refractivity contribution in [3.05, 3.63) is 118 Å². The van der Waals surface area contributed by atoms with Crippen molar-refractivity contribution in [3.63, 3.8) is 0 Å². The normalized spacial score (nSPS) is 15.8. The lowest BCUT2D eigenvalue weighted by Gasteiger charge is -2.36. The highest BCUT2D eigenvalue weighted by atomic mass is 16.1. The minimum atomic E-state index is -0.127. The van der Waals surface area contributed by atoms with Gasteiger partial charge in [-0.2, -0.15) is 5.10 Å². The summed E-state index contributed by atoms with van der Waals surface area (Å²) >= 11 is 0. The van der Waals surface area contributed by atoms with Crippen molar-refractivity contribution in [2.24, 2.45) is 5.10 Å². The zero-order chi connectivity index (χ0) is 23.7. The maximum atomic E-state index is 14.3. The predicted molar refractivity (Wildman–Crippen MR) is 141 cm³/mol. The Kier molecular flexibility index (Phi) is 5.53. The van der Waals surface area contributed by atoms with Gasteiger partial charge in [0, 0.05) is 11.0 Å². The van der Waals surface area contributed by atoms with Gasteiger partial charge in [0.25, 0.3) is 5.56 Å². The molecular weight excluding hydrogens is 432 g/mol. The molecule has 0 saturated heterocycles. The maximum Gasteiger partial charge on any atom is 0.259 e. The number of hydrogen-bond acceptors (Lipinski definition) is 4. The van der Waals surface area contributed by atoms with Gasteiger partial charge in [-0.3, -0.25) is 9.36 Å². The van der Waals surface area contributed by atoms with E-state index in [0.29, 0.717) is 12.5 Å². The molecule has 3 aromatic carbocycles. The molecule has 1 aromatic heterocycles. The van der Waals surface area contributed by atoms with Gasteiger partial charge in [-0.05, 0) is 36.0 Å². The second kappa shape index (κ2) is 8.99. The molecule has 1 N–H and O–H groups in total. The van der Waals surface area contributed by atoms with Crippen LogP contribution in [0.3, 0.4) is 0 Å². The van der Waals surface area contributed by atoms with E-state index in [-0.39, 0.29) is 11.0 Å². The number of hydrazone groups is 1. The summed E-state index contributed by atoms with van der Waals surface area (Å²) in [5.41, 5.74) is 9.13. The number of anilines is 1. The van der Waals surface area contributed by atoms with Gasteiger partial charge in [0.15, 0.2) is 0 Å². The van der Waals surface area contributed by atoms with E-state index < -0.39 is 0 Å². The molecule has 35 heavy (non-hydrogen) atoms. The molecule has 6 rings (SSSR count). The third-order valence-electron chi connectivity index (χ3n) is 7.42. The van der Waals surface area contributed by atoms with E-state index >= 15 is 0 Å². The molecule has 0 bridgehead atoms. The molecular formula is C30H28N4O. The molecule has 0 aliphatic heterocycles. The van der Waals surface area contributed by atoms with Crippen LogP contribution >= 0.6 is 0 Å². The van der Waals surface area contributed by atoms with Crippen LogP contribution in [0, 0.1) is 0 Å². The molecule has 0 amide bonds. The highest BCUT2D eigenvalue weighted by molar-refractivity contribution is 5.80. The predicted octanol–water partition coefficient (Wildman–Crippen LogP) is 5.77. The molecule has 0 radical (unpaired) electrons. The number of fused-ring (bicyclic) bond motifs is 4. The third-order valence-corrected chi connectivity index (χ3v) is 7.42. The molecule has 0 unspecified atom stereocenters.